The van der Waals surface area contributed by atoms with Gasteiger partial charge in [-0.25, -0.2) is 4.79 Å². The lowest BCUT2D eigenvalue weighted by Gasteiger charge is -2.25. The van der Waals surface area contributed by atoms with Crippen molar-refractivity contribution in [1.82, 2.24) is 16.0 Å². The number of carbonyl (C=O) groups excluding carboxylic acids is 3. The van der Waals surface area contributed by atoms with Gasteiger partial charge in [-0.05, 0) is 64.0 Å². The first-order valence-electron chi connectivity index (χ1n) is 10.9. The molecule has 3 atom stereocenters. The molecule has 11 nitrogen and oxygen atoms in total. The smallest absolute Gasteiger partial charge is 0.326 e. The lowest BCUT2D eigenvalue weighted by atomic mass is 10.0. The van der Waals surface area contributed by atoms with Crippen LogP contribution in [0.2, 0.25) is 0 Å². The van der Waals surface area contributed by atoms with E-state index in [4.69, 9.17) is 17.2 Å². The third-order valence-corrected chi connectivity index (χ3v) is 4.69. The van der Waals surface area contributed by atoms with Gasteiger partial charge in [-0.15, -0.1) is 0 Å². The Labute approximate surface area is 184 Å². The van der Waals surface area contributed by atoms with Crippen molar-refractivity contribution >= 4 is 23.7 Å². The van der Waals surface area contributed by atoms with Crippen LogP contribution >= 0.6 is 0 Å². The van der Waals surface area contributed by atoms with Gasteiger partial charge in [0, 0.05) is 0 Å². The van der Waals surface area contributed by atoms with E-state index in [1.165, 1.54) is 0 Å². The van der Waals surface area contributed by atoms with Gasteiger partial charge < -0.3 is 38.3 Å². The van der Waals surface area contributed by atoms with E-state index in [2.05, 4.69) is 16.0 Å². The average Bonchev–Trinajstić information content (AvgIpc) is 2.71. The van der Waals surface area contributed by atoms with Crippen LogP contribution in [0.5, 0.6) is 0 Å². The number of rotatable bonds is 17. The van der Waals surface area contributed by atoms with Crippen LogP contribution in [0.4, 0.5) is 0 Å². The monoisotopic (exact) mass is 444 g/mol. The lowest BCUT2D eigenvalue weighted by molar-refractivity contribution is -0.142. The van der Waals surface area contributed by atoms with E-state index in [-0.39, 0.29) is 18.9 Å². The predicted octanol–water partition coefficient (Wildman–Crippen LogP) is -1.21. The number of nitrogens with one attached hydrogen (secondary N) is 3. The molecule has 3 amide bonds. The Morgan fingerprint density at radius 1 is 0.742 bits per heavy atom. The minimum Gasteiger partial charge on any atom is -0.480 e. The first-order chi connectivity index (χ1) is 14.7. The van der Waals surface area contributed by atoms with Crippen LogP contribution in [-0.4, -0.2) is 66.6 Å². The van der Waals surface area contributed by atoms with Crippen molar-refractivity contribution in [2.75, 3.05) is 19.6 Å². The van der Waals surface area contributed by atoms with Gasteiger partial charge in [-0.3, -0.25) is 14.4 Å². The number of carboxylic acid groups (broad SMARTS) is 1. The summed E-state index contributed by atoms with van der Waals surface area (Å²) in [5.74, 6) is -2.62. The molecule has 0 heterocycles. The van der Waals surface area contributed by atoms with Gasteiger partial charge in [-0.2, -0.15) is 0 Å². The maximum absolute atomic E-state index is 12.8. The number of aliphatic carboxylic acids is 1. The fraction of sp³-hybridized carbons (Fsp3) is 0.800. The van der Waals surface area contributed by atoms with Gasteiger partial charge in [0.25, 0.3) is 0 Å². The van der Waals surface area contributed by atoms with E-state index in [1.807, 2.05) is 13.8 Å². The Bertz CT molecular complexity index is 572. The number of hydrogen-bond donors (Lipinski definition) is 7. The summed E-state index contributed by atoms with van der Waals surface area (Å²) in [6.07, 6.45) is 3.33. The molecular formula is C20H40N6O5. The van der Waals surface area contributed by atoms with Crippen molar-refractivity contribution in [2.24, 2.45) is 23.1 Å². The molecule has 3 unspecified atom stereocenters. The molecule has 31 heavy (non-hydrogen) atoms. The molecule has 0 saturated carbocycles. The molecule has 0 fully saturated rings. The Morgan fingerprint density at radius 2 is 1.23 bits per heavy atom. The fourth-order valence-corrected chi connectivity index (χ4v) is 3.01. The molecule has 0 spiro atoms. The SMILES string of the molecule is CC(C)CC(NC(=O)CN)C(=O)NC(CCCCN)C(=O)NC(CCCCN)C(=O)O. The van der Waals surface area contributed by atoms with Crippen LogP contribution in [0.3, 0.4) is 0 Å². The summed E-state index contributed by atoms with van der Waals surface area (Å²) in [5.41, 5.74) is 16.3. The van der Waals surface area contributed by atoms with Crippen LogP contribution in [0, 0.1) is 5.92 Å². The first-order valence-corrected chi connectivity index (χ1v) is 10.9. The minimum absolute atomic E-state index is 0.109. The molecular weight excluding hydrogens is 404 g/mol. The van der Waals surface area contributed by atoms with Crippen molar-refractivity contribution in [2.45, 2.75) is 76.9 Å². The summed E-state index contributed by atoms with van der Waals surface area (Å²) in [5, 5.41) is 17.1. The van der Waals surface area contributed by atoms with Crippen LogP contribution in [0.25, 0.3) is 0 Å². The van der Waals surface area contributed by atoms with Crippen molar-refractivity contribution < 1.29 is 24.3 Å². The molecule has 0 aliphatic heterocycles. The molecule has 11 heteroatoms. The highest BCUT2D eigenvalue weighted by Gasteiger charge is 2.29. The summed E-state index contributed by atoms with van der Waals surface area (Å²) >= 11 is 0. The van der Waals surface area contributed by atoms with E-state index >= 15 is 0 Å². The van der Waals surface area contributed by atoms with E-state index in [9.17, 15) is 24.3 Å². The van der Waals surface area contributed by atoms with Gasteiger partial charge in [0.2, 0.25) is 17.7 Å². The number of carboxylic acids is 1. The second kappa shape index (κ2) is 16.5. The molecule has 0 aromatic carbocycles. The number of hydrogen-bond acceptors (Lipinski definition) is 7. The van der Waals surface area contributed by atoms with Crippen LogP contribution in [-0.2, 0) is 19.2 Å². The summed E-state index contributed by atoms with van der Waals surface area (Å²) in [7, 11) is 0. The lowest BCUT2D eigenvalue weighted by Crippen LogP contribution is -2.56. The van der Waals surface area contributed by atoms with Gasteiger partial charge in [0.05, 0.1) is 6.54 Å². The summed E-state index contributed by atoms with van der Waals surface area (Å²) in [4.78, 5) is 48.8. The number of nitrogens with two attached hydrogens (primary N) is 3. The highest BCUT2D eigenvalue weighted by molar-refractivity contribution is 5.93. The molecule has 180 valence electrons. The van der Waals surface area contributed by atoms with E-state index < -0.39 is 41.8 Å². The third kappa shape index (κ3) is 12.9. The van der Waals surface area contributed by atoms with Crippen LogP contribution in [0.1, 0.15) is 58.8 Å². The quantitative estimate of drug-likeness (QED) is 0.135. The second-order valence-electron chi connectivity index (χ2n) is 7.98. The normalized spacial score (nSPS) is 13.9. The van der Waals surface area contributed by atoms with Crippen molar-refractivity contribution in [3.63, 3.8) is 0 Å². The average molecular weight is 445 g/mol. The molecule has 0 radical (unpaired) electrons. The van der Waals surface area contributed by atoms with Crippen LogP contribution < -0.4 is 33.2 Å². The molecule has 0 rings (SSSR count). The Morgan fingerprint density at radius 3 is 1.68 bits per heavy atom. The summed E-state index contributed by atoms with van der Waals surface area (Å²) in [6.45, 7) is 4.41. The minimum atomic E-state index is -1.15. The molecule has 10 N–H and O–H groups in total. The van der Waals surface area contributed by atoms with Gasteiger partial charge in [-0.1, -0.05) is 13.8 Å². The molecule has 0 aromatic rings. The van der Waals surface area contributed by atoms with Crippen molar-refractivity contribution in [3.05, 3.63) is 0 Å². The van der Waals surface area contributed by atoms with Crippen LogP contribution in [0.15, 0.2) is 0 Å². The topological polar surface area (TPSA) is 203 Å². The van der Waals surface area contributed by atoms with Gasteiger partial charge >= 0.3 is 5.97 Å². The van der Waals surface area contributed by atoms with Gasteiger partial charge in [0.15, 0.2) is 0 Å². The number of amides is 3. The Kier molecular flexibility index (Phi) is 15.3. The van der Waals surface area contributed by atoms with Crippen molar-refractivity contribution in [3.8, 4) is 0 Å². The van der Waals surface area contributed by atoms with E-state index in [1.54, 1.807) is 0 Å². The van der Waals surface area contributed by atoms with E-state index in [0.717, 1.165) is 0 Å². The molecule has 0 bridgehead atoms. The maximum Gasteiger partial charge on any atom is 0.326 e. The third-order valence-electron chi connectivity index (χ3n) is 4.69. The standard InChI is InChI=1S/C20H40N6O5/c1-13(2)11-16(24-17(27)12-23)19(29)25-14(7-3-5-9-21)18(28)26-15(20(30)31)8-4-6-10-22/h13-16H,3-12,21-23H2,1-2H3,(H,24,27)(H,25,29)(H,26,28)(H,30,31). The fourth-order valence-electron chi connectivity index (χ4n) is 3.01. The second-order valence-corrected chi connectivity index (χ2v) is 7.98. The predicted molar refractivity (Wildman–Crippen MR) is 118 cm³/mol. The van der Waals surface area contributed by atoms with Gasteiger partial charge in [0.1, 0.15) is 18.1 Å². The van der Waals surface area contributed by atoms with Crippen molar-refractivity contribution in [1.29, 1.82) is 0 Å². The number of carbonyl (C=O) groups is 4. The maximum atomic E-state index is 12.8. The zero-order chi connectivity index (χ0) is 23.8. The Balaban J connectivity index is 5.30. The highest BCUT2D eigenvalue weighted by Crippen LogP contribution is 2.08. The largest absolute Gasteiger partial charge is 0.480 e. The molecule has 0 saturated heterocycles. The number of unbranched alkanes of at least 4 members (excludes halogenated alkanes) is 2. The molecule has 0 aromatic heterocycles. The summed E-state index contributed by atoms with van der Waals surface area (Å²) in [6, 6.07) is -2.86. The summed E-state index contributed by atoms with van der Waals surface area (Å²) < 4.78 is 0. The zero-order valence-electron chi connectivity index (χ0n) is 18.7. The molecule has 0 aliphatic rings. The molecule has 0 aliphatic carbocycles. The zero-order valence-corrected chi connectivity index (χ0v) is 18.7. The Hall–Kier alpha value is -2.24. The first kappa shape index (κ1) is 28.8. The highest BCUT2D eigenvalue weighted by atomic mass is 16.4. The van der Waals surface area contributed by atoms with E-state index in [0.29, 0.717) is 51.6 Å².